The summed E-state index contributed by atoms with van der Waals surface area (Å²) in [4.78, 5) is 38.2. The molecule has 0 aliphatic carbocycles. The van der Waals surface area contributed by atoms with E-state index in [4.69, 9.17) is 23.2 Å². The van der Waals surface area contributed by atoms with Crippen LogP contribution in [0.5, 0.6) is 0 Å². The molecule has 132 valence electrons. The third-order valence-electron chi connectivity index (χ3n) is 4.11. The molecule has 2 aromatic carbocycles. The minimum atomic E-state index is -0.789. The van der Waals surface area contributed by atoms with Crippen molar-refractivity contribution in [3.8, 4) is 0 Å². The number of amides is 4. The Morgan fingerprint density at radius 1 is 0.962 bits per heavy atom. The average molecular weight is 389 g/mol. The van der Waals surface area contributed by atoms with Gasteiger partial charge >= 0.3 is 6.03 Å². The standard InChI is InChI=1S/C19H14Cl2N2O3/c1-10-3-6-14(7-11(10)2)23-18(25)15(17(24)22-19(23)26)8-12-4-5-13(20)9-16(12)21/h3-9H,1-2H3,(H,22,24,26)/b15-8+. The Kier molecular flexibility index (Phi) is 4.85. The van der Waals surface area contributed by atoms with Crippen molar-refractivity contribution >= 4 is 52.8 Å². The molecule has 1 aliphatic heterocycles. The van der Waals surface area contributed by atoms with Crippen LogP contribution in [0.2, 0.25) is 10.0 Å². The fraction of sp³-hybridized carbons (Fsp3) is 0.105. The molecule has 0 spiro atoms. The molecule has 0 radical (unpaired) electrons. The number of hydrogen-bond acceptors (Lipinski definition) is 3. The molecule has 1 saturated heterocycles. The van der Waals surface area contributed by atoms with Gasteiger partial charge in [0, 0.05) is 10.0 Å². The van der Waals surface area contributed by atoms with Crippen LogP contribution in [0.3, 0.4) is 0 Å². The summed E-state index contributed by atoms with van der Waals surface area (Å²) < 4.78 is 0. The summed E-state index contributed by atoms with van der Waals surface area (Å²) in [6.07, 6.45) is 1.34. The van der Waals surface area contributed by atoms with Gasteiger partial charge in [-0.05, 0) is 60.9 Å². The van der Waals surface area contributed by atoms with Gasteiger partial charge in [0.1, 0.15) is 5.57 Å². The Morgan fingerprint density at radius 2 is 1.69 bits per heavy atom. The van der Waals surface area contributed by atoms with Crippen molar-refractivity contribution in [2.24, 2.45) is 0 Å². The minimum absolute atomic E-state index is 0.188. The van der Waals surface area contributed by atoms with E-state index in [1.807, 2.05) is 13.8 Å². The van der Waals surface area contributed by atoms with Crippen LogP contribution in [0.1, 0.15) is 16.7 Å². The molecule has 0 saturated carbocycles. The zero-order valence-electron chi connectivity index (χ0n) is 14.0. The van der Waals surface area contributed by atoms with E-state index in [-0.39, 0.29) is 5.57 Å². The summed E-state index contributed by atoms with van der Waals surface area (Å²) in [6.45, 7) is 3.80. The van der Waals surface area contributed by atoms with E-state index >= 15 is 0 Å². The Bertz CT molecular complexity index is 983. The third kappa shape index (κ3) is 3.36. The third-order valence-corrected chi connectivity index (χ3v) is 4.68. The Hall–Kier alpha value is -2.63. The molecule has 0 unspecified atom stereocenters. The number of anilines is 1. The lowest BCUT2D eigenvalue weighted by Crippen LogP contribution is -2.54. The van der Waals surface area contributed by atoms with Crippen LogP contribution >= 0.6 is 23.2 Å². The number of urea groups is 1. The number of carbonyl (C=O) groups excluding carboxylic acids is 3. The molecule has 3 rings (SSSR count). The van der Waals surface area contributed by atoms with Crippen molar-refractivity contribution in [1.82, 2.24) is 5.32 Å². The monoisotopic (exact) mass is 388 g/mol. The van der Waals surface area contributed by atoms with Crippen molar-refractivity contribution in [3.05, 3.63) is 68.7 Å². The lowest BCUT2D eigenvalue weighted by Gasteiger charge is -2.27. The summed E-state index contributed by atoms with van der Waals surface area (Å²) in [5.74, 6) is -1.49. The quantitative estimate of drug-likeness (QED) is 0.616. The second-order valence-corrected chi connectivity index (χ2v) is 6.74. The number of halogens is 2. The summed E-state index contributed by atoms with van der Waals surface area (Å²) in [7, 11) is 0. The van der Waals surface area contributed by atoms with Crippen molar-refractivity contribution in [3.63, 3.8) is 0 Å². The summed E-state index contributed by atoms with van der Waals surface area (Å²) in [6, 6.07) is 9.08. The zero-order chi connectivity index (χ0) is 19.0. The molecule has 2 aromatic rings. The molecule has 1 heterocycles. The van der Waals surface area contributed by atoms with Crippen LogP contribution in [-0.2, 0) is 9.59 Å². The van der Waals surface area contributed by atoms with Gasteiger partial charge in [-0.25, -0.2) is 9.69 Å². The first-order valence-corrected chi connectivity index (χ1v) is 8.47. The molecular weight excluding hydrogens is 375 g/mol. The lowest BCUT2D eigenvalue weighted by atomic mass is 10.1. The number of hydrogen-bond donors (Lipinski definition) is 1. The summed E-state index contributed by atoms with van der Waals surface area (Å²) >= 11 is 12.0. The van der Waals surface area contributed by atoms with E-state index in [2.05, 4.69) is 5.32 Å². The average Bonchev–Trinajstić information content (AvgIpc) is 2.56. The van der Waals surface area contributed by atoms with Gasteiger partial charge in [0.05, 0.1) is 5.69 Å². The molecule has 1 aliphatic rings. The maximum atomic E-state index is 12.8. The smallest absolute Gasteiger partial charge is 0.273 e. The van der Waals surface area contributed by atoms with E-state index in [9.17, 15) is 14.4 Å². The fourth-order valence-corrected chi connectivity index (χ4v) is 2.99. The maximum absolute atomic E-state index is 12.8. The maximum Gasteiger partial charge on any atom is 0.335 e. The number of nitrogens with one attached hydrogen (secondary N) is 1. The molecule has 7 heteroatoms. The first kappa shape index (κ1) is 18.2. The second-order valence-electron chi connectivity index (χ2n) is 5.89. The van der Waals surface area contributed by atoms with Crippen molar-refractivity contribution in [2.45, 2.75) is 13.8 Å². The van der Waals surface area contributed by atoms with Crippen molar-refractivity contribution < 1.29 is 14.4 Å². The molecule has 1 fully saturated rings. The van der Waals surface area contributed by atoms with Crippen molar-refractivity contribution in [1.29, 1.82) is 0 Å². The number of aryl methyl sites for hydroxylation is 2. The number of nitrogens with zero attached hydrogens (tertiary/aromatic N) is 1. The predicted molar refractivity (Wildman–Crippen MR) is 101 cm³/mol. The lowest BCUT2D eigenvalue weighted by molar-refractivity contribution is -0.122. The van der Waals surface area contributed by atoms with Gasteiger partial charge in [-0.15, -0.1) is 0 Å². The predicted octanol–water partition coefficient (Wildman–Crippen LogP) is 4.28. The van der Waals surface area contributed by atoms with Crippen LogP contribution in [0.25, 0.3) is 6.08 Å². The van der Waals surface area contributed by atoms with Crippen LogP contribution in [0, 0.1) is 13.8 Å². The van der Waals surface area contributed by atoms with E-state index in [1.165, 1.54) is 12.1 Å². The van der Waals surface area contributed by atoms with E-state index in [1.54, 1.807) is 30.3 Å². The molecule has 0 bridgehead atoms. The molecule has 26 heavy (non-hydrogen) atoms. The minimum Gasteiger partial charge on any atom is -0.273 e. The van der Waals surface area contributed by atoms with Crippen LogP contribution in [-0.4, -0.2) is 17.8 Å². The zero-order valence-corrected chi connectivity index (χ0v) is 15.5. The van der Waals surface area contributed by atoms with Crippen LogP contribution < -0.4 is 10.2 Å². The van der Waals surface area contributed by atoms with Crippen LogP contribution in [0.15, 0.2) is 42.0 Å². The van der Waals surface area contributed by atoms with Gasteiger partial charge in [-0.2, -0.15) is 0 Å². The van der Waals surface area contributed by atoms with Crippen LogP contribution in [0.4, 0.5) is 10.5 Å². The highest BCUT2D eigenvalue weighted by Crippen LogP contribution is 2.27. The number of imide groups is 2. The number of barbiturate groups is 1. The van der Waals surface area contributed by atoms with Gasteiger partial charge in [-0.3, -0.25) is 14.9 Å². The Morgan fingerprint density at radius 3 is 2.35 bits per heavy atom. The number of benzene rings is 2. The van der Waals surface area contributed by atoms with E-state index in [0.717, 1.165) is 16.0 Å². The first-order chi connectivity index (χ1) is 12.3. The number of rotatable bonds is 2. The fourth-order valence-electron chi connectivity index (χ4n) is 2.53. The molecule has 5 nitrogen and oxygen atoms in total. The van der Waals surface area contributed by atoms with Gasteiger partial charge in [0.25, 0.3) is 11.8 Å². The highest BCUT2D eigenvalue weighted by Gasteiger charge is 2.37. The van der Waals surface area contributed by atoms with Gasteiger partial charge in [0.15, 0.2) is 0 Å². The highest BCUT2D eigenvalue weighted by atomic mass is 35.5. The molecule has 0 atom stereocenters. The number of carbonyl (C=O) groups is 3. The van der Waals surface area contributed by atoms with Gasteiger partial charge < -0.3 is 0 Å². The Labute approximate surface area is 160 Å². The highest BCUT2D eigenvalue weighted by molar-refractivity contribution is 6.40. The Balaban J connectivity index is 2.05. The van der Waals surface area contributed by atoms with Gasteiger partial charge in [-0.1, -0.05) is 35.3 Å². The summed E-state index contributed by atoms with van der Waals surface area (Å²) in [5.41, 5.74) is 2.59. The van der Waals surface area contributed by atoms with E-state index < -0.39 is 17.8 Å². The molecule has 4 amide bonds. The molecule has 1 N–H and O–H groups in total. The molecular formula is C19H14Cl2N2O3. The largest absolute Gasteiger partial charge is 0.335 e. The topological polar surface area (TPSA) is 66.5 Å². The van der Waals surface area contributed by atoms with E-state index in [0.29, 0.717) is 21.3 Å². The normalized spacial score (nSPS) is 16.2. The first-order valence-electron chi connectivity index (χ1n) is 7.71. The SMILES string of the molecule is Cc1ccc(N2C(=O)NC(=O)/C(=C\c3ccc(Cl)cc3Cl)C2=O)cc1C. The second kappa shape index (κ2) is 6.94. The summed E-state index contributed by atoms with van der Waals surface area (Å²) in [5, 5.41) is 2.91. The molecule has 0 aromatic heterocycles. The van der Waals surface area contributed by atoms with Crippen molar-refractivity contribution in [2.75, 3.05) is 4.90 Å². The van der Waals surface area contributed by atoms with Gasteiger partial charge in [0.2, 0.25) is 0 Å².